The zero-order valence-electron chi connectivity index (χ0n) is 7.71. The molecule has 0 N–H and O–H groups in total. The quantitative estimate of drug-likeness (QED) is 0.427. The van der Waals surface area contributed by atoms with Crippen LogP contribution in [0.2, 0.25) is 0 Å². The highest BCUT2D eigenvalue weighted by Gasteiger charge is 2.03. The van der Waals surface area contributed by atoms with Crippen molar-refractivity contribution in [3.8, 4) is 0 Å². The minimum atomic E-state index is -1.80. The van der Waals surface area contributed by atoms with Crippen LogP contribution in [-0.4, -0.2) is 0 Å². The summed E-state index contributed by atoms with van der Waals surface area (Å²) in [5.74, 6) is 0. The summed E-state index contributed by atoms with van der Waals surface area (Å²) >= 11 is 0. The summed E-state index contributed by atoms with van der Waals surface area (Å²) in [5, 5.41) is 0. The zero-order chi connectivity index (χ0) is 7.71. The second kappa shape index (κ2) is 1.63. The molecule has 0 saturated heterocycles. The van der Waals surface area contributed by atoms with Gasteiger partial charge in [0.05, 0.1) is 0 Å². The molecule has 0 bridgehead atoms. The van der Waals surface area contributed by atoms with Gasteiger partial charge in [0.1, 0.15) is 0 Å². The maximum absolute atomic E-state index is 7.07. The molecule has 0 atom stereocenters. The van der Waals surface area contributed by atoms with Crippen molar-refractivity contribution >= 4 is 0 Å². The minimum absolute atomic E-state index is 0.521. The molecular formula is C6H14. The molecule has 0 spiro atoms. The Bertz CT molecular complexity index is 91.0. The highest BCUT2D eigenvalue weighted by molar-refractivity contribution is 4.55. The van der Waals surface area contributed by atoms with Crippen LogP contribution >= 0.6 is 0 Å². The summed E-state index contributed by atoms with van der Waals surface area (Å²) in [7, 11) is 0. The minimum Gasteiger partial charge on any atom is -0.0649 e. The van der Waals surface area contributed by atoms with E-state index in [0.29, 0.717) is 6.42 Å². The molecule has 0 heteroatoms. The van der Waals surface area contributed by atoms with Gasteiger partial charge in [-0.25, -0.2) is 0 Å². The smallest absolute Gasteiger partial charge is 0.0236 e. The first-order chi connectivity index (χ1) is 3.81. The van der Waals surface area contributed by atoms with Crippen molar-refractivity contribution in [2.45, 2.75) is 34.0 Å². The molecule has 0 fully saturated rings. The highest BCUT2D eigenvalue weighted by atomic mass is 14.1. The summed E-state index contributed by atoms with van der Waals surface area (Å²) in [5.41, 5.74) is -0.521. The van der Waals surface area contributed by atoms with E-state index in [2.05, 4.69) is 0 Å². The van der Waals surface area contributed by atoms with E-state index in [1.54, 1.807) is 13.8 Å². The molecule has 0 heterocycles. The molecule has 0 saturated carbocycles. The van der Waals surface area contributed by atoms with Crippen molar-refractivity contribution in [1.29, 1.82) is 0 Å². The molecule has 0 amide bonds. The van der Waals surface area contributed by atoms with E-state index in [1.165, 1.54) is 0 Å². The van der Waals surface area contributed by atoms with Crippen LogP contribution in [0.15, 0.2) is 0 Å². The Balaban J connectivity index is 4.14. The Morgan fingerprint density at radius 1 is 1.67 bits per heavy atom. The van der Waals surface area contributed by atoms with Gasteiger partial charge in [0, 0.05) is 4.11 Å². The molecule has 0 aliphatic rings. The Morgan fingerprint density at radius 2 is 2.17 bits per heavy atom. The number of hydrogen-bond donors (Lipinski definition) is 0. The molecular weight excluding hydrogens is 72.1 g/mol. The normalized spacial score (nSPS) is 21.5. The van der Waals surface area contributed by atoms with E-state index >= 15 is 0 Å². The van der Waals surface area contributed by atoms with Gasteiger partial charge >= 0.3 is 0 Å². The van der Waals surface area contributed by atoms with Crippen molar-refractivity contribution < 1.29 is 4.11 Å². The second-order valence-electron chi connectivity index (χ2n) is 2.24. The first-order valence-electron chi connectivity index (χ1n) is 3.81. The van der Waals surface area contributed by atoms with Gasteiger partial charge in [0.15, 0.2) is 0 Å². The summed E-state index contributed by atoms with van der Waals surface area (Å²) in [6.45, 7) is 3.62. The lowest BCUT2D eigenvalue weighted by molar-refractivity contribution is 0.398. The van der Waals surface area contributed by atoms with Crippen molar-refractivity contribution in [1.82, 2.24) is 0 Å². The van der Waals surface area contributed by atoms with Gasteiger partial charge in [-0.3, -0.25) is 0 Å². The molecule has 0 rings (SSSR count). The van der Waals surface area contributed by atoms with E-state index in [4.69, 9.17) is 4.11 Å². The standard InChI is InChI=1S/C6H14/c1-5-6(2,3)4/h5H2,1-4H3/i2D3. The summed E-state index contributed by atoms with van der Waals surface area (Å²) in [6.07, 6.45) is 0.698. The van der Waals surface area contributed by atoms with Crippen LogP contribution in [0.3, 0.4) is 0 Å². The molecule has 0 aliphatic carbocycles. The van der Waals surface area contributed by atoms with Gasteiger partial charge < -0.3 is 0 Å². The van der Waals surface area contributed by atoms with Gasteiger partial charge in [0.25, 0.3) is 0 Å². The van der Waals surface area contributed by atoms with Crippen LogP contribution in [0.25, 0.3) is 0 Å². The van der Waals surface area contributed by atoms with Crippen molar-refractivity contribution in [3.05, 3.63) is 0 Å². The molecule has 0 aromatic rings. The molecule has 0 radical (unpaired) electrons. The largest absolute Gasteiger partial charge is 0.0649 e. The Hall–Kier alpha value is 0. The van der Waals surface area contributed by atoms with Gasteiger partial charge in [-0.15, -0.1) is 0 Å². The molecule has 0 aromatic heterocycles. The predicted octanol–water partition coefficient (Wildman–Crippen LogP) is 2.44. The lowest BCUT2D eigenvalue weighted by atomic mass is 9.94. The first kappa shape index (κ1) is 2.34. The van der Waals surface area contributed by atoms with Gasteiger partial charge in [-0.2, -0.15) is 0 Å². The Morgan fingerprint density at radius 3 is 2.17 bits per heavy atom. The van der Waals surface area contributed by atoms with Crippen LogP contribution in [0, 0.1) is 5.41 Å². The van der Waals surface area contributed by atoms with E-state index in [9.17, 15) is 0 Å². The second-order valence-corrected chi connectivity index (χ2v) is 2.24. The third-order valence-electron chi connectivity index (χ3n) is 0.884. The summed E-state index contributed by atoms with van der Waals surface area (Å²) in [4.78, 5) is 0. The molecule has 0 aromatic carbocycles. The molecule has 6 heavy (non-hydrogen) atoms. The van der Waals surface area contributed by atoms with Gasteiger partial charge in [-0.05, 0) is 5.41 Å². The molecule has 0 nitrogen and oxygen atoms in total. The molecule has 0 aliphatic heterocycles. The fraction of sp³-hybridized carbons (Fsp3) is 1.00. The third-order valence-corrected chi connectivity index (χ3v) is 0.884. The lowest BCUT2D eigenvalue weighted by Gasteiger charge is -2.12. The molecule has 38 valence electrons. The lowest BCUT2D eigenvalue weighted by Crippen LogP contribution is -2.00. The van der Waals surface area contributed by atoms with E-state index in [1.807, 2.05) is 6.92 Å². The van der Waals surface area contributed by atoms with Crippen LogP contribution in [-0.2, 0) is 0 Å². The first-order valence-corrected chi connectivity index (χ1v) is 2.31. The molecule has 0 unspecified atom stereocenters. The van der Waals surface area contributed by atoms with Crippen molar-refractivity contribution in [2.24, 2.45) is 5.41 Å². The van der Waals surface area contributed by atoms with Crippen LogP contribution in [0.1, 0.15) is 38.2 Å². The van der Waals surface area contributed by atoms with Crippen molar-refractivity contribution in [2.75, 3.05) is 0 Å². The third kappa shape index (κ3) is 4.00. The predicted molar refractivity (Wildman–Crippen MR) is 29.7 cm³/mol. The van der Waals surface area contributed by atoms with Crippen LogP contribution in [0.4, 0.5) is 0 Å². The van der Waals surface area contributed by atoms with E-state index in [-0.39, 0.29) is 0 Å². The van der Waals surface area contributed by atoms with Crippen LogP contribution < -0.4 is 0 Å². The fourth-order valence-electron chi connectivity index (χ4n) is 0. The summed E-state index contributed by atoms with van der Waals surface area (Å²) < 4.78 is 21.2. The summed E-state index contributed by atoms with van der Waals surface area (Å²) in [6, 6.07) is 0. The average Bonchev–Trinajstić information content (AvgIpc) is 1.64. The van der Waals surface area contributed by atoms with E-state index in [0.717, 1.165) is 0 Å². The van der Waals surface area contributed by atoms with E-state index < -0.39 is 12.3 Å². The average molecular weight is 89.2 g/mol. The maximum atomic E-state index is 7.07. The Labute approximate surface area is 44.8 Å². The fourth-order valence-corrected chi connectivity index (χ4v) is 0. The maximum Gasteiger partial charge on any atom is 0.0236 e. The Kier molecular flexibility index (Phi) is 0.638. The van der Waals surface area contributed by atoms with Gasteiger partial charge in [0.2, 0.25) is 0 Å². The van der Waals surface area contributed by atoms with Crippen LogP contribution in [0.5, 0.6) is 0 Å². The zero-order valence-corrected chi connectivity index (χ0v) is 4.71. The monoisotopic (exact) mass is 89.1 g/mol. The SMILES string of the molecule is [2H]C([2H])([2H])C(C)(C)CC. The number of rotatable bonds is 0. The topological polar surface area (TPSA) is 0 Å². The van der Waals surface area contributed by atoms with Gasteiger partial charge in [-0.1, -0.05) is 34.0 Å². The highest BCUT2D eigenvalue weighted by Crippen LogP contribution is 2.16. The van der Waals surface area contributed by atoms with Crippen molar-refractivity contribution in [3.63, 3.8) is 0 Å². The number of hydrogen-bond acceptors (Lipinski definition) is 0.